The first-order chi connectivity index (χ1) is 8.94. The molecule has 0 rings (SSSR count). The van der Waals surface area contributed by atoms with E-state index >= 15 is 0 Å². The lowest BCUT2D eigenvalue weighted by Crippen LogP contribution is -2.22. The van der Waals surface area contributed by atoms with Gasteiger partial charge in [-0.15, -0.1) is 0 Å². The Morgan fingerprint density at radius 3 is 1.30 bits per heavy atom. The summed E-state index contributed by atoms with van der Waals surface area (Å²) in [6.45, 7) is 5.02. The van der Waals surface area contributed by atoms with Crippen LogP contribution in [0.25, 0.3) is 0 Å². The molecule has 0 radical (unpaired) electrons. The van der Waals surface area contributed by atoms with Crippen molar-refractivity contribution in [1.82, 2.24) is 0 Å². The first-order valence-electron chi connectivity index (χ1n) is 4.90. The molecule has 0 spiro atoms. The van der Waals surface area contributed by atoms with Gasteiger partial charge in [0.2, 0.25) is 0 Å². The molecule has 0 aliphatic heterocycles. The van der Waals surface area contributed by atoms with Gasteiger partial charge in [0.15, 0.2) is 0 Å². The second kappa shape index (κ2) is 9.00. The smallest absolute Gasteiger partial charge is 0.385 e. The van der Waals surface area contributed by atoms with Crippen molar-refractivity contribution in [3.05, 3.63) is 0 Å². The Morgan fingerprint density at radius 1 is 0.750 bits per heavy atom. The summed E-state index contributed by atoms with van der Waals surface area (Å²) >= 11 is 0. The molecule has 0 saturated heterocycles. The van der Waals surface area contributed by atoms with Crippen LogP contribution in [0.15, 0.2) is 0 Å². The molecule has 0 fully saturated rings. The van der Waals surface area contributed by atoms with E-state index in [0.29, 0.717) is 0 Å². The molecule has 0 saturated carbocycles. The summed E-state index contributed by atoms with van der Waals surface area (Å²) < 4.78 is 4.71. The maximum atomic E-state index is 10.7. The molecule has 0 heterocycles. The van der Waals surface area contributed by atoms with E-state index in [2.05, 4.69) is 0 Å². The molecule has 0 aliphatic carbocycles. The third-order valence-corrected chi connectivity index (χ3v) is 0.947. The van der Waals surface area contributed by atoms with E-state index in [0.717, 1.165) is 0 Å². The van der Waals surface area contributed by atoms with E-state index in [1.807, 2.05) is 5.92 Å². The highest BCUT2D eigenvalue weighted by Crippen LogP contribution is 2.05. The van der Waals surface area contributed by atoms with Crippen LogP contribution in [0.3, 0.4) is 0 Å². The second-order valence-corrected chi connectivity index (χ2v) is 3.92. The van der Waals surface area contributed by atoms with Crippen LogP contribution in [-0.2, 0) is 23.9 Å². The number of carbonyl (C=O) groups is 4. The average Bonchev–Trinajstić information content (AvgIpc) is 2.22. The van der Waals surface area contributed by atoms with Crippen molar-refractivity contribution in [1.29, 1.82) is 0 Å². The summed E-state index contributed by atoms with van der Waals surface area (Å²) in [7, 11) is 0. The van der Waals surface area contributed by atoms with Crippen LogP contribution >= 0.6 is 0 Å². The lowest BCUT2D eigenvalue weighted by atomic mass is 10.2. The fourth-order valence-corrected chi connectivity index (χ4v) is 0.515. The van der Waals surface area contributed by atoms with Gasteiger partial charge < -0.3 is 20.1 Å². The van der Waals surface area contributed by atoms with Gasteiger partial charge in [-0.3, -0.25) is 0 Å². The van der Waals surface area contributed by atoms with Gasteiger partial charge in [-0.2, -0.15) is 0 Å². The van der Waals surface area contributed by atoms with Crippen LogP contribution < -0.4 is 0 Å². The Bertz CT molecular complexity index is 498. The van der Waals surface area contributed by atoms with Gasteiger partial charge in [-0.25, -0.2) is 19.2 Å². The number of esters is 1. The number of carboxylic acid groups (broad SMARTS) is 3. The fraction of sp³-hybridized carbons (Fsp3) is 0.333. The van der Waals surface area contributed by atoms with Crippen molar-refractivity contribution < 1.29 is 39.2 Å². The Hall–Kier alpha value is -3.00. The molecular formula is C12H12O8. The molecule has 20 heavy (non-hydrogen) atoms. The van der Waals surface area contributed by atoms with Crippen LogP contribution in [0.1, 0.15) is 20.8 Å². The van der Waals surface area contributed by atoms with Crippen LogP contribution in [0, 0.1) is 23.7 Å². The number of aliphatic carboxylic acids is 3. The Morgan fingerprint density at radius 2 is 1.05 bits per heavy atom. The minimum absolute atomic E-state index is 0.635. The monoisotopic (exact) mass is 284 g/mol. The van der Waals surface area contributed by atoms with Gasteiger partial charge in [0.1, 0.15) is 5.60 Å². The summed E-state index contributed by atoms with van der Waals surface area (Å²) in [5.41, 5.74) is -0.635. The molecule has 108 valence electrons. The molecule has 8 heteroatoms. The maximum absolute atomic E-state index is 10.7. The molecular weight excluding hydrogens is 272 g/mol. The topological polar surface area (TPSA) is 138 Å². The zero-order chi connectivity index (χ0) is 16.3. The minimum atomic E-state index is -1.44. The lowest BCUT2D eigenvalue weighted by Gasteiger charge is -2.16. The Labute approximate surface area is 114 Å². The first kappa shape index (κ1) is 19.3. The molecule has 0 amide bonds. The normalized spacial score (nSPS) is 8.35. The van der Waals surface area contributed by atoms with E-state index in [9.17, 15) is 19.2 Å². The summed E-state index contributed by atoms with van der Waals surface area (Å²) in [6, 6.07) is 0. The molecule has 0 aliphatic rings. The van der Waals surface area contributed by atoms with Crippen LogP contribution in [0.2, 0.25) is 0 Å². The molecule has 0 unspecified atom stereocenters. The largest absolute Gasteiger partial charge is 0.472 e. The number of ether oxygens (including phenoxy) is 1. The molecule has 8 nitrogen and oxygen atoms in total. The van der Waals surface area contributed by atoms with Crippen molar-refractivity contribution >= 4 is 23.9 Å². The van der Waals surface area contributed by atoms with Gasteiger partial charge in [0.25, 0.3) is 0 Å². The first-order valence-corrected chi connectivity index (χ1v) is 4.90. The average molecular weight is 284 g/mol. The van der Waals surface area contributed by atoms with Gasteiger partial charge >= 0.3 is 23.9 Å². The van der Waals surface area contributed by atoms with E-state index < -0.39 is 29.5 Å². The van der Waals surface area contributed by atoms with Crippen molar-refractivity contribution in [2.75, 3.05) is 0 Å². The Balaban J connectivity index is 0. The number of carboxylic acids is 3. The van der Waals surface area contributed by atoms with E-state index in [4.69, 9.17) is 20.1 Å². The maximum Gasteiger partial charge on any atom is 0.385 e. The number of hydrogen-bond acceptors (Lipinski definition) is 5. The Kier molecular flexibility index (Phi) is 8.70. The summed E-state index contributed by atoms with van der Waals surface area (Å²) in [5.74, 6) is 1.26. The number of rotatable bonds is 0. The lowest BCUT2D eigenvalue weighted by molar-refractivity contribution is -0.147. The molecule has 0 atom stereocenters. The molecule has 0 aromatic rings. The van der Waals surface area contributed by atoms with Gasteiger partial charge in [0, 0.05) is 23.7 Å². The molecule has 0 bridgehead atoms. The van der Waals surface area contributed by atoms with Gasteiger partial charge in [0.05, 0.1) is 0 Å². The zero-order valence-corrected chi connectivity index (χ0v) is 10.9. The van der Waals surface area contributed by atoms with Crippen LogP contribution in [0.4, 0.5) is 0 Å². The van der Waals surface area contributed by atoms with Gasteiger partial charge in [-0.1, -0.05) is 0 Å². The third-order valence-electron chi connectivity index (χ3n) is 0.947. The quantitative estimate of drug-likeness (QED) is 0.309. The highest BCUT2D eigenvalue weighted by molar-refractivity contribution is 5.97. The highest BCUT2D eigenvalue weighted by atomic mass is 16.6. The second-order valence-electron chi connectivity index (χ2n) is 3.92. The molecule has 0 aromatic carbocycles. The van der Waals surface area contributed by atoms with E-state index in [-0.39, 0.29) is 0 Å². The fourth-order valence-electron chi connectivity index (χ4n) is 0.515. The van der Waals surface area contributed by atoms with E-state index in [1.165, 1.54) is 11.8 Å². The summed E-state index contributed by atoms with van der Waals surface area (Å²) in [6.07, 6.45) is 0. The predicted octanol–water partition coefficient (Wildman–Crippen LogP) is -0.425. The van der Waals surface area contributed by atoms with Crippen molar-refractivity contribution in [3.63, 3.8) is 0 Å². The molecule has 0 aromatic heterocycles. The standard InChI is InChI=1S/C8H10O4.C4H2O4/c1-8(2,3)12-7(11)5-4-6(9)10;5-3(6)1-2-4(7)8/h1-3H3,(H,9,10);(H,5,6)(H,7,8). The van der Waals surface area contributed by atoms with Gasteiger partial charge in [-0.05, 0) is 20.8 Å². The summed E-state index contributed by atoms with van der Waals surface area (Å²) in [4.78, 5) is 39.5. The predicted molar refractivity (Wildman–Crippen MR) is 64.3 cm³/mol. The van der Waals surface area contributed by atoms with Crippen molar-refractivity contribution in [3.8, 4) is 23.7 Å². The van der Waals surface area contributed by atoms with E-state index in [1.54, 1.807) is 26.7 Å². The summed E-state index contributed by atoms with van der Waals surface area (Å²) in [5, 5.41) is 23.5. The molecule has 3 N–H and O–H groups in total. The zero-order valence-electron chi connectivity index (χ0n) is 10.9. The number of hydrogen-bond donors (Lipinski definition) is 3. The third kappa shape index (κ3) is 20.4. The van der Waals surface area contributed by atoms with Crippen LogP contribution in [0.5, 0.6) is 0 Å². The number of carbonyl (C=O) groups excluding carboxylic acids is 1. The highest BCUT2D eigenvalue weighted by Gasteiger charge is 2.14. The van der Waals surface area contributed by atoms with Crippen molar-refractivity contribution in [2.45, 2.75) is 26.4 Å². The SMILES string of the molecule is CC(C)(C)OC(=O)C#CC(=O)O.O=C(O)C#CC(=O)O. The van der Waals surface area contributed by atoms with Crippen molar-refractivity contribution in [2.24, 2.45) is 0 Å². The van der Waals surface area contributed by atoms with Crippen LogP contribution in [-0.4, -0.2) is 44.8 Å². The minimum Gasteiger partial charge on any atom is -0.472 e.